The summed E-state index contributed by atoms with van der Waals surface area (Å²) in [6.45, 7) is 8.46. The van der Waals surface area contributed by atoms with E-state index in [4.69, 9.17) is 11.6 Å². The van der Waals surface area contributed by atoms with Crippen molar-refractivity contribution in [3.8, 4) is 0 Å². The molecule has 0 bridgehead atoms. The number of nitrogens with zero attached hydrogens (tertiary/aromatic N) is 2. The molecule has 1 aliphatic rings. The molecule has 0 aliphatic carbocycles. The first-order valence-corrected chi connectivity index (χ1v) is 11.5. The number of hydrogen-bond donors (Lipinski definition) is 1. The molecule has 0 spiro atoms. The van der Waals surface area contributed by atoms with E-state index in [1.54, 1.807) is 0 Å². The smallest absolute Gasteiger partial charge is 0.255 e. The van der Waals surface area contributed by atoms with Crippen molar-refractivity contribution in [3.63, 3.8) is 0 Å². The van der Waals surface area contributed by atoms with Crippen LogP contribution in [0.1, 0.15) is 37.4 Å². The largest absolute Gasteiger partial charge is 0.365 e. The van der Waals surface area contributed by atoms with Gasteiger partial charge < -0.3 is 15.1 Å². The minimum absolute atomic E-state index is 0.0390. The van der Waals surface area contributed by atoms with E-state index in [1.807, 2.05) is 86.3 Å². The Hall–Kier alpha value is -3.31. The molecule has 0 radical (unpaired) electrons. The number of carbonyl (C=O) groups excluding carboxylic acids is 2. The maximum absolute atomic E-state index is 12.9. The predicted molar refractivity (Wildman–Crippen MR) is 135 cm³/mol. The molecule has 0 aromatic heterocycles. The Morgan fingerprint density at radius 2 is 1.48 bits per heavy atom. The quantitative estimate of drug-likeness (QED) is 0.559. The van der Waals surface area contributed by atoms with Gasteiger partial charge in [-0.1, -0.05) is 41.4 Å². The first kappa shape index (κ1) is 22.9. The molecule has 3 aromatic rings. The van der Waals surface area contributed by atoms with Gasteiger partial charge in [-0.3, -0.25) is 9.59 Å². The first-order valence-electron chi connectivity index (χ1n) is 11.1. The molecular weight excluding hydrogens is 434 g/mol. The summed E-state index contributed by atoms with van der Waals surface area (Å²) in [5.41, 5.74) is 6.12. The van der Waals surface area contributed by atoms with Crippen LogP contribution < -0.4 is 10.2 Å². The zero-order valence-electron chi connectivity index (χ0n) is 19.2. The molecule has 1 fully saturated rings. The molecule has 1 heterocycles. The second kappa shape index (κ2) is 9.67. The summed E-state index contributed by atoms with van der Waals surface area (Å²) in [6.07, 6.45) is 0. The van der Waals surface area contributed by atoms with Crippen LogP contribution in [-0.4, -0.2) is 42.9 Å². The van der Waals surface area contributed by atoms with Crippen LogP contribution in [-0.2, 0) is 0 Å². The normalized spacial score (nSPS) is 13.7. The summed E-state index contributed by atoms with van der Waals surface area (Å²) < 4.78 is 0. The van der Waals surface area contributed by atoms with Crippen LogP contribution in [0.4, 0.5) is 11.4 Å². The number of benzene rings is 3. The van der Waals surface area contributed by atoms with E-state index in [2.05, 4.69) is 10.2 Å². The fraction of sp³-hybridized carbons (Fsp3) is 0.259. The Bertz CT molecular complexity index is 1180. The lowest BCUT2D eigenvalue weighted by molar-refractivity contribution is 0.0746. The van der Waals surface area contributed by atoms with Crippen molar-refractivity contribution >= 4 is 34.8 Å². The first-order chi connectivity index (χ1) is 15.8. The number of para-hydroxylation sites is 1. The van der Waals surface area contributed by atoms with Gasteiger partial charge >= 0.3 is 0 Å². The number of aryl methyl sites for hydroxylation is 3. The number of amides is 2. The highest BCUT2D eigenvalue weighted by Crippen LogP contribution is 2.35. The van der Waals surface area contributed by atoms with Crippen LogP contribution in [0.5, 0.6) is 0 Å². The Kier molecular flexibility index (Phi) is 6.70. The molecule has 1 N–H and O–H groups in total. The van der Waals surface area contributed by atoms with Gasteiger partial charge in [0.25, 0.3) is 11.8 Å². The topological polar surface area (TPSA) is 52.7 Å². The molecule has 5 nitrogen and oxygen atoms in total. The second-order valence-corrected chi connectivity index (χ2v) is 8.94. The van der Waals surface area contributed by atoms with E-state index in [0.717, 1.165) is 22.4 Å². The molecule has 6 heteroatoms. The number of rotatable bonds is 4. The van der Waals surface area contributed by atoms with E-state index in [9.17, 15) is 9.59 Å². The molecule has 2 amide bonds. The fourth-order valence-electron chi connectivity index (χ4n) is 4.03. The lowest BCUT2D eigenvalue weighted by atomic mass is 10.1. The minimum Gasteiger partial charge on any atom is -0.365 e. The van der Waals surface area contributed by atoms with Crippen molar-refractivity contribution in [1.82, 2.24) is 4.90 Å². The van der Waals surface area contributed by atoms with Crippen LogP contribution >= 0.6 is 11.6 Å². The molecule has 3 aromatic carbocycles. The lowest BCUT2D eigenvalue weighted by Crippen LogP contribution is -2.49. The zero-order valence-corrected chi connectivity index (χ0v) is 19.9. The van der Waals surface area contributed by atoms with Crippen molar-refractivity contribution < 1.29 is 9.59 Å². The fourth-order valence-corrected chi connectivity index (χ4v) is 4.32. The monoisotopic (exact) mass is 461 g/mol. The van der Waals surface area contributed by atoms with Gasteiger partial charge in [-0.2, -0.15) is 0 Å². The van der Waals surface area contributed by atoms with Gasteiger partial charge in [-0.05, 0) is 68.3 Å². The summed E-state index contributed by atoms with van der Waals surface area (Å²) in [5.74, 6) is -0.133. The Balaban J connectivity index is 1.48. The average molecular weight is 462 g/mol. The number of piperazine rings is 1. The lowest BCUT2D eigenvalue weighted by Gasteiger charge is -2.37. The van der Waals surface area contributed by atoms with Crippen molar-refractivity contribution in [2.24, 2.45) is 0 Å². The van der Waals surface area contributed by atoms with Gasteiger partial charge in [0.15, 0.2) is 0 Å². The van der Waals surface area contributed by atoms with Gasteiger partial charge in [-0.25, -0.2) is 0 Å². The van der Waals surface area contributed by atoms with E-state index in [1.165, 1.54) is 0 Å². The molecule has 0 unspecified atom stereocenters. The van der Waals surface area contributed by atoms with Gasteiger partial charge in [-0.15, -0.1) is 0 Å². The molecule has 1 saturated heterocycles. The van der Waals surface area contributed by atoms with E-state index in [0.29, 0.717) is 48.0 Å². The van der Waals surface area contributed by atoms with Crippen LogP contribution in [0.2, 0.25) is 5.02 Å². The van der Waals surface area contributed by atoms with Crippen LogP contribution in [0.3, 0.4) is 0 Å². The summed E-state index contributed by atoms with van der Waals surface area (Å²) in [7, 11) is 0. The Labute approximate surface area is 200 Å². The Morgan fingerprint density at radius 3 is 2.15 bits per heavy atom. The van der Waals surface area contributed by atoms with Crippen molar-refractivity contribution in [2.45, 2.75) is 20.8 Å². The third-order valence-electron chi connectivity index (χ3n) is 6.19. The minimum atomic E-state index is -0.171. The van der Waals surface area contributed by atoms with Crippen molar-refractivity contribution in [1.29, 1.82) is 0 Å². The van der Waals surface area contributed by atoms with Crippen LogP contribution in [0.25, 0.3) is 0 Å². The summed E-state index contributed by atoms with van der Waals surface area (Å²) in [6, 6.07) is 18.9. The highest BCUT2D eigenvalue weighted by atomic mass is 35.5. The molecule has 4 rings (SSSR count). The average Bonchev–Trinajstić information content (AvgIpc) is 2.81. The molecule has 0 atom stereocenters. The van der Waals surface area contributed by atoms with E-state index in [-0.39, 0.29) is 11.8 Å². The number of hydrogen-bond acceptors (Lipinski definition) is 3. The third-order valence-corrected chi connectivity index (χ3v) is 6.49. The van der Waals surface area contributed by atoms with E-state index < -0.39 is 0 Å². The van der Waals surface area contributed by atoms with Gasteiger partial charge in [0.05, 0.1) is 16.4 Å². The second-order valence-electron chi connectivity index (χ2n) is 8.53. The predicted octanol–water partition coefficient (Wildman–Crippen LogP) is 5.48. The molecular formula is C27H28ClN3O2. The maximum Gasteiger partial charge on any atom is 0.255 e. The Morgan fingerprint density at radius 1 is 0.818 bits per heavy atom. The van der Waals surface area contributed by atoms with Crippen molar-refractivity contribution in [2.75, 3.05) is 36.4 Å². The molecule has 33 heavy (non-hydrogen) atoms. The zero-order chi connectivity index (χ0) is 23.5. The van der Waals surface area contributed by atoms with Gasteiger partial charge in [0.2, 0.25) is 0 Å². The number of carbonyl (C=O) groups is 2. The standard InChI is InChI=1S/C27H28ClN3O2/c1-18-7-10-21(11-8-18)27(33)31-15-13-30(14-16-31)25-23(28)5-4-6-24(25)29-26(32)22-12-9-19(2)20(3)17-22/h4-12,17H,13-16H2,1-3H3,(H,29,32). The van der Waals surface area contributed by atoms with E-state index >= 15 is 0 Å². The molecule has 170 valence electrons. The SMILES string of the molecule is Cc1ccc(C(=O)N2CCN(c3c(Cl)cccc3NC(=O)c3ccc(C)c(C)c3)CC2)cc1. The molecule has 1 aliphatic heterocycles. The van der Waals surface area contributed by atoms with Crippen LogP contribution in [0.15, 0.2) is 60.7 Å². The van der Waals surface area contributed by atoms with Gasteiger partial charge in [0, 0.05) is 37.3 Å². The summed E-state index contributed by atoms with van der Waals surface area (Å²) in [5, 5.41) is 3.61. The summed E-state index contributed by atoms with van der Waals surface area (Å²) in [4.78, 5) is 29.8. The highest BCUT2D eigenvalue weighted by molar-refractivity contribution is 6.34. The third kappa shape index (κ3) is 5.04. The highest BCUT2D eigenvalue weighted by Gasteiger charge is 2.25. The molecule has 0 saturated carbocycles. The number of halogens is 1. The number of anilines is 2. The van der Waals surface area contributed by atoms with Crippen LogP contribution in [0, 0.1) is 20.8 Å². The maximum atomic E-state index is 12.9. The summed E-state index contributed by atoms with van der Waals surface area (Å²) >= 11 is 6.57. The number of nitrogens with one attached hydrogen (secondary N) is 1. The van der Waals surface area contributed by atoms with Crippen molar-refractivity contribution in [3.05, 3.63) is 93.5 Å². The van der Waals surface area contributed by atoms with Gasteiger partial charge in [0.1, 0.15) is 0 Å².